The number of fused-ring (bicyclic) bond motifs is 1. The first-order valence-corrected chi connectivity index (χ1v) is 9.16. The molecule has 1 aliphatic heterocycles. The molecule has 4 heteroatoms. The van der Waals surface area contributed by atoms with Gasteiger partial charge in [0.2, 0.25) is 0 Å². The predicted molar refractivity (Wildman–Crippen MR) is 101 cm³/mol. The minimum Gasteiger partial charge on any atom is -0.396 e. The molecule has 1 fully saturated rings. The Morgan fingerprint density at radius 2 is 2.20 bits per heavy atom. The molecule has 2 N–H and O–H groups in total. The topological polar surface area (TPSA) is 39.3 Å². The van der Waals surface area contributed by atoms with Crippen molar-refractivity contribution in [3.63, 3.8) is 0 Å². The summed E-state index contributed by atoms with van der Waals surface area (Å²) in [5.41, 5.74) is 4.53. The second kappa shape index (κ2) is 7.30. The largest absolute Gasteiger partial charge is 0.396 e. The average molecular weight is 344 g/mol. The monoisotopic (exact) mass is 344 g/mol. The van der Waals surface area contributed by atoms with Crippen LogP contribution in [0.4, 0.5) is 4.39 Å². The molecule has 0 saturated carbocycles. The summed E-state index contributed by atoms with van der Waals surface area (Å²) in [6.45, 7) is 9.26. The molecule has 3 rings (SSSR count). The maximum atomic E-state index is 13.5. The maximum Gasteiger partial charge on any atom is 0.123 e. The highest BCUT2D eigenvalue weighted by Crippen LogP contribution is 2.35. The number of aromatic amines is 1. The van der Waals surface area contributed by atoms with Gasteiger partial charge < -0.3 is 10.1 Å². The number of allylic oxidation sites excluding steroid dienone is 2. The van der Waals surface area contributed by atoms with E-state index in [0.717, 1.165) is 61.1 Å². The molecular weight excluding hydrogens is 315 g/mol. The highest BCUT2D eigenvalue weighted by molar-refractivity contribution is 5.84. The van der Waals surface area contributed by atoms with Crippen LogP contribution in [0.25, 0.3) is 10.9 Å². The lowest BCUT2D eigenvalue weighted by Crippen LogP contribution is -2.44. The molecule has 1 saturated heterocycles. The lowest BCUT2D eigenvalue weighted by atomic mass is 9.77. The fourth-order valence-corrected chi connectivity index (χ4v) is 3.96. The van der Waals surface area contributed by atoms with Crippen molar-refractivity contribution in [3.8, 4) is 0 Å². The molecule has 1 aliphatic rings. The molecule has 0 aliphatic carbocycles. The first kappa shape index (κ1) is 18.2. The van der Waals surface area contributed by atoms with Crippen molar-refractivity contribution in [2.45, 2.75) is 46.6 Å². The Balaban J connectivity index is 1.78. The van der Waals surface area contributed by atoms with Crippen LogP contribution in [0, 0.1) is 18.2 Å². The van der Waals surface area contributed by atoms with Gasteiger partial charge in [-0.25, -0.2) is 4.39 Å². The summed E-state index contributed by atoms with van der Waals surface area (Å²) >= 11 is 0. The lowest BCUT2D eigenvalue weighted by molar-refractivity contribution is 0.0302. The Morgan fingerprint density at radius 1 is 1.40 bits per heavy atom. The van der Waals surface area contributed by atoms with E-state index in [-0.39, 0.29) is 17.8 Å². The molecule has 1 atom stereocenters. The van der Waals surface area contributed by atoms with Gasteiger partial charge in [-0.3, -0.25) is 4.90 Å². The van der Waals surface area contributed by atoms with Gasteiger partial charge in [0.25, 0.3) is 0 Å². The van der Waals surface area contributed by atoms with Gasteiger partial charge in [-0.15, -0.1) is 0 Å². The van der Waals surface area contributed by atoms with Crippen LogP contribution in [0.3, 0.4) is 0 Å². The Labute approximate surface area is 149 Å². The SMILES string of the molecule is CC(C)=CC[C@]1(CO)CCCN(Cc2[nH]c3ccc(F)cc3c2C)C1. The van der Waals surface area contributed by atoms with Crippen LogP contribution in [0.5, 0.6) is 0 Å². The highest BCUT2D eigenvalue weighted by Gasteiger charge is 2.34. The molecule has 2 heterocycles. The fraction of sp³-hybridized carbons (Fsp3) is 0.524. The molecule has 3 nitrogen and oxygen atoms in total. The van der Waals surface area contributed by atoms with E-state index in [1.165, 1.54) is 11.6 Å². The van der Waals surface area contributed by atoms with Crippen molar-refractivity contribution in [2.75, 3.05) is 19.7 Å². The zero-order valence-electron chi connectivity index (χ0n) is 15.5. The van der Waals surface area contributed by atoms with E-state index in [0.29, 0.717) is 0 Å². The smallest absolute Gasteiger partial charge is 0.123 e. The van der Waals surface area contributed by atoms with Crippen molar-refractivity contribution < 1.29 is 9.50 Å². The number of aliphatic hydroxyl groups excluding tert-OH is 1. The number of H-pyrrole nitrogens is 1. The Bertz CT molecular complexity index is 776. The second-order valence-corrected chi connectivity index (χ2v) is 7.88. The normalized spacial score (nSPS) is 21.6. The Kier molecular flexibility index (Phi) is 5.30. The third-order valence-electron chi connectivity index (χ3n) is 5.52. The third kappa shape index (κ3) is 3.96. The second-order valence-electron chi connectivity index (χ2n) is 7.88. The first-order valence-electron chi connectivity index (χ1n) is 9.16. The van der Waals surface area contributed by atoms with E-state index < -0.39 is 0 Å². The van der Waals surface area contributed by atoms with Crippen LogP contribution in [0.1, 0.15) is 44.4 Å². The van der Waals surface area contributed by atoms with Crippen LogP contribution < -0.4 is 0 Å². The molecule has 0 amide bonds. The predicted octanol–water partition coefficient (Wildman–Crippen LogP) is 4.55. The van der Waals surface area contributed by atoms with Gasteiger partial charge in [0.05, 0.1) is 6.61 Å². The van der Waals surface area contributed by atoms with E-state index in [4.69, 9.17) is 0 Å². The van der Waals surface area contributed by atoms with E-state index in [1.54, 1.807) is 6.07 Å². The summed E-state index contributed by atoms with van der Waals surface area (Å²) in [5, 5.41) is 11.0. The number of hydrogen-bond donors (Lipinski definition) is 2. The number of benzene rings is 1. The van der Waals surface area contributed by atoms with Crippen LogP contribution in [0.15, 0.2) is 29.8 Å². The van der Waals surface area contributed by atoms with Gasteiger partial charge in [-0.1, -0.05) is 11.6 Å². The summed E-state index contributed by atoms with van der Waals surface area (Å²) in [5.74, 6) is -0.194. The highest BCUT2D eigenvalue weighted by atomic mass is 19.1. The molecule has 136 valence electrons. The van der Waals surface area contributed by atoms with Gasteiger partial charge in [-0.2, -0.15) is 0 Å². The zero-order chi connectivity index (χ0) is 18.0. The van der Waals surface area contributed by atoms with Crippen LogP contribution >= 0.6 is 0 Å². The number of aliphatic hydroxyl groups is 1. The van der Waals surface area contributed by atoms with Gasteiger partial charge in [0.15, 0.2) is 0 Å². The van der Waals surface area contributed by atoms with Crippen molar-refractivity contribution in [1.82, 2.24) is 9.88 Å². The molecule has 2 aromatic rings. The number of aryl methyl sites for hydroxylation is 1. The van der Waals surface area contributed by atoms with Crippen molar-refractivity contribution in [1.29, 1.82) is 0 Å². The minimum atomic E-state index is -0.194. The van der Waals surface area contributed by atoms with Gasteiger partial charge in [0, 0.05) is 35.1 Å². The number of aromatic nitrogens is 1. The minimum absolute atomic E-state index is 0.0401. The van der Waals surface area contributed by atoms with Gasteiger partial charge in [-0.05, 0) is 70.3 Å². The number of piperidine rings is 1. The zero-order valence-corrected chi connectivity index (χ0v) is 15.5. The van der Waals surface area contributed by atoms with E-state index >= 15 is 0 Å². The van der Waals surface area contributed by atoms with Crippen molar-refractivity contribution in [2.24, 2.45) is 5.41 Å². The van der Waals surface area contributed by atoms with Crippen LogP contribution in [0.2, 0.25) is 0 Å². The number of halogens is 1. The maximum absolute atomic E-state index is 13.5. The quantitative estimate of drug-likeness (QED) is 0.781. The third-order valence-corrected chi connectivity index (χ3v) is 5.52. The molecule has 0 radical (unpaired) electrons. The molecule has 1 aromatic heterocycles. The lowest BCUT2D eigenvalue weighted by Gasteiger charge is -2.41. The number of nitrogens with zero attached hydrogens (tertiary/aromatic N) is 1. The van der Waals surface area contributed by atoms with E-state index in [2.05, 4.69) is 36.7 Å². The molecule has 0 unspecified atom stereocenters. The van der Waals surface area contributed by atoms with Crippen LogP contribution in [-0.2, 0) is 6.54 Å². The summed E-state index contributed by atoms with van der Waals surface area (Å²) in [6.07, 6.45) is 5.35. The van der Waals surface area contributed by atoms with Crippen molar-refractivity contribution in [3.05, 3.63) is 46.9 Å². The number of likely N-dealkylation sites (tertiary alicyclic amines) is 1. The van der Waals surface area contributed by atoms with Gasteiger partial charge in [0.1, 0.15) is 5.82 Å². The number of nitrogens with one attached hydrogen (secondary N) is 1. The molecule has 1 aromatic carbocycles. The molecule has 0 bridgehead atoms. The van der Waals surface area contributed by atoms with E-state index in [9.17, 15) is 9.50 Å². The summed E-state index contributed by atoms with van der Waals surface area (Å²) in [6, 6.07) is 4.91. The van der Waals surface area contributed by atoms with Crippen LogP contribution in [-0.4, -0.2) is 34.7 Å². The Hall–Kier alpha value is -1.65. The van der Waals surface area contributed by atoms with E-state index in [1.807, 2.05) is 6.07 Å². The summed E-state index contributed by atoms with van der Waals surface area (Å²) < 4.78 is 13.5. The summed E-state index contributed by atoms with van der Waals surface area (Å²) in [4.78, 5) is 5.87. The first-order chi connectivity index (χ1) is 11.9. The molecular formula is C21H29FN2O. The fourth-order valence-electron chi connectivity index (χ4n) is 3.96. The van der Waals surface area contributed by atoms with Crippen molar-refractivity contribution >= 4 is 10.9 Å². The molecule has 25 heavy (non-hydrogen) atoms. The number of rotatable bonds is 5. The van der Waals surface area contributed by atoms with Gasteiger partial charge >= 0.3 is 0 Å². The Morgan fingerprint density at radius 3 is 2.92 bits per heavy atom. The standard InChI is InChI=1S/C21H29FN2O/c1-15(2)7-9-21(14-25)8-4-10-24(13-21)12-20-16(3)18-11-17(22)5-6-19(18)23-20/h5-7,11,23,25H,4,8-10,12-14H2,1-3H3/t21-/m1/s1. The average Bonchev–Trinajstić information content (AvgIpc) is 2.89. The summed E-state index contributed by atoms with van der Waals surface area (Å²) in [7, 11) is 0. The number of hydrogen-bond acceptors (Lipinski definition) is 2. The molecule has 0 spiro atoms.